The van der Waals surface area contributed by atoms with Crippen molar-refractivity contribution in [1.29, 1.82) is 0 Å². The van der Waals surface area contributed by atoms with Crippen LogP contribution in [0, 0.1) is 5.92 Å². The Labute approximate surface area is 105 Å². The van der Waals surface area contributed by atoms with Gasteiger partial charge < -0.3 is 5.32 Å². The van der Waals surface area contributed by atoms with Crippen LogP contribution in [0.5, 0.6) is 0 Å². The van der Waals surface area contributed by atoms with Crippen molar-refractivity contribution in [1.82, 2.24) is 30.5 Å². The minimum atomic E-state index is 0.650. The van der Waals surface area contributed by atoms with Crippen LogP contribution < -0.4 is 5.32 Å². The molecule has 18 heavy (non-hydrogen) atoms. The van der Waals surface area contributed by atoms with Gasteiger partial charge in [0.05, 0.1) is 0 Å². The minimum Gasteiger partial charge on any atom is -0.317 e. The standard InChI is InChI=1S/C12H16N6/c1-2-6-14-11(3-1)12-15-16-17-18(12)9-10-4-7-13-8-5-10/h1-3,6,10,13H,4-5,7-9H2. The maximum absolute atomic E-state index is 4.30. The molecule has 94 valence electrons. The number of pyridine rings is 1. The van der Waals surface area contributed by atoms with E-state index in [4.69, 9.17) is 0 Å². The molecule has 0 spiro atoms. The number of nitrogens with one attached hydrogen (secondary N) is 1. The zero-order chi connectivity index (χ0) is 12.2. The van der Waals surface area contributed by atoms with E-state index in [0.717, 1.165) is 31.2 Å². The second-order valence-electron chi connectivity index (χ2n) is 4.59. The molecular formula is C12H16N6. The summed E-state index contributed by atoms with van der Waals surface area (Å²) in [4.78, 5) is 4.30. The van der Waals surface area contributed by atoms with E-state index in [1.807, 2.05) is 22.9 Å². The Morgan fingerprint density at radius 3 is 2.94 bits per heavy atom. The van der Waals surface area contributed by atoms with Gasteiger partial charge in [0.15, 0.2) is 0 Å². The number of hydrogen-bond acceptors (Lipinski definition) is 5. The van der Waals surface area contributed by atoms with Gasteiger partial charge in [0.1, 0.15) is 5.69 Å². The van der Waals surface area contributed by atoms with Crippen molar-refractivity contribution in [3.05, 3.63) is 24.4 Å². The quantitative estimate of drug-likeness (QED) is 0.862. The highest BCUT2D eigenvalue weighted by Crippen LogP contribution is 2.17. The molecule has 3 rings (SSSR count). The van der Waals surface area contributed by atoms with Crippen LogP contribution in [0.4, 0.5) is 0 Å². The van der Waals surface area contributed by atoms with Gasteiger partial charge in [-0.15, -0.1) is 5.10 Å². The van der Waals surface area contributed by atoms with Gasteiger partial charge in [0, 0.05) is 12.7 Å². The molecule has 3 heterocycles. The third-order valence-corrected chi connectivity index (χ3v) is 3.32. The van der Waals surface area contributed by atoms with Gasteiger partial charge in [0.25, 0.3) is 0 Å². The number of rotatable bonds is 3. The molecule has 0 unspecified atom stereocenters. The van der Waals surface area contributed by atoms with E-state index in [-0.39, 0.29) is 0 Å². The average molecular weight is 244 g/mol. The van der Waals surface area contributed by atoms with Gasteiger partial charge in [-0.05, 0) is 54.4 Å². The molecule has 0 aromatic carbocycles. The summed E-state index contributed by atoms with van der Waals surface area (Å²) in [5, 5.41) is 15.3. The molecule has 0 aliphatic carbocycles. The van der Waals surface area contributed by atoms with Crippen LogP contribution in [-0.4, -0.2) is 38.3 Å². The summed E-state index contributed by atoms with van der Waals surface area (Å²) in [5.74, 6) is 1.41. The molecule has 0 bridgehead atoms. The number of tetrazole rings is 1. The summed E-state index contributed by atoms with van der Waals surface area (Å²) in [7, 11) is 0. The molecule has 1 fully saturated rings. The van der Waals surface area contributed by atoms with Crippen LogP contribution in [0.3, 0.4) is 0 Å². The molecule has 6 heteroatoms. The second-order valence-corrected chi connectivity index (χ2v) is 4.59. The number of aromatic nitrogens is 5. The van der Waals surface area contributed by atoms with E-state index in [2.05, 4.69) is 25.8 Å². The zero-order valence-electron chi connectivity index (χ0n) is 10.2. The highest BCUT2D eigenvalue weighted by Gasteiger charge is 2.17. The molecule has 6 nitrogen and oxygen atoms in total. The maximum Gasteiger partial charge on any atom is 0.200 e. The Kier molecular flexibility index (Phi) is 3.27. The van der Waals surface area contributed by atoms with Crippen molar-refractivity contribution >= 4 is 0 Å². The average Bonchev–Trinajstić information content (AvgIpc) is 2.89. The molecular weight excluding hydrogens is 228 g/mol. The first-order valence-corrected chi connectivity index (χ1v) is 6.32. The van der Waals surface area contributed by atoms with E-state index in [1.165, 1.54) is 12.8 Å². The van der Waals surface area contributed by atoms with E-state index in [9.17, 15) is 0 Å². The van der Waals surface area contributed by atoms with Crippen molar-refractivity contribution in [2.75, 3.05) is 13.1 Å². The first-order chi connectivity index (χ1) is 8.93. The molecule has 1 saturated heterocycles. The van der Waals surface area contributed by atoms with Crippen LogP contribution >= 0.6 is 0 Å². The largest absolute Gasteiger partial charge is 0.317 e. The van der Waals surface area contributed by atoms with Crippen LogP contribution in [0.2, 0.25) is 0 Å². The molecule has 0 saturated carbocycles. The van der Waals surface area contributed by atoms with E-state index in [1.54, 1.807) is 6.20 Å². The van der Waals surface area contributed by atoms with Crippen molar-refractivity contribution in [2.24, 2.45) is 5.92 Å². The van der Waals surface area contributed by atoms with Crippen LogP contribution in [0.25, 0.3) is 11.5 Å². The Morgan fingerprint density at radius 2 is 2.17 bits per heavy atom. The van der Waals surface area contributed by atoms with E-state index >= 15 is 0 Å². The first-order valence-electron chi connectivity index (χ1n) is 6.32. The topological polar surface area (TPSA) is 68.5 Å². The third-order valence-electron chi connectivity index (χ3n) is 3.32. The molecule has 2 aromatic heterocycles. The van der Waals surface area contributed by atoms with Crippen LogP contribution in [-0.2, 0) is 6.54 Å². The number of piperidine rings is 1. The molecule has 0 atom stereocenters. The molecule has 1 aliphatic heterocycles. The Bertz CT molecular complexity index is 488. The molecule has 0 radical (unpaired) electrons. The second kappa shape index (κ2) is 5.22. The zero-order valence-corrected chi connectivity index (χ0v) is 10.2. The molecule has 1 aliphatic rings. The van der Waals surface area contributed by atoms with Gasteiger partial charge in [0.2, 0.25) is 5.82 Å². The lowest BCUT2D eigenvalue weighted by Crippen LogP contribution is -2.30. The van der Waals surface area contributed by atoms with Gasteiger partial charge in [-0.2, -0.15) is 0 Å². The SMILES string of the molecule is c1ccc(-c2nnnn2CC2CCNCC2)nc1. The fourth-order valence-corrected chi connectivity index (χ4v) is 2.31. The van der Waals surface area contributed by atoms with Gasteiger partial charge >= 0.3 is 0 Å². The van der Waals surface area contributed by atoms with E-state index < -0.39 is 0 Å². The van der Waals surface area contributed by atoms with Crippen molar-refractivity contribution in [3.8, 4) is 11.5 Å². The number of nitrogens with zero attached hydrogens (tertiary/aromatic N) is 5. The minimum absolute atomic E-state index is 0.650. The van der Waals surface area contributed by atoms with Crippen LogP contribution in [0.15, 0.2) is 24.4 Å². The Hall–Kier alpha value is -1.82. The maximum atomic E-state index is 4.30. The molecule has 0 amide bonds. The van der Waals surface area contributed by atoms with E-state index in [0.29, 0.717) is 5.92 Å². The number of hydrogen-bond donors (Lipinski definition) is 1. The fourth-order valence-electron chi connectivity index (χ4n) is 2.31. The molecule has 1 N–H and O–H groups in total. The fraction of sp³-hybridized carbons (Fsp3) is 0.500. The predicted octanol–water partition coefficient (Wildman–Crippen LogP) is 0.735. The monoisotopic (exact) mass is 244 g/mol. The lowest BCUT2D eigenvalue weighted by Gasteiger charge is -2.22. The third kappa shape index (κ3) is 2.38. The summed E-state index contributed by atoms with van der Waals surface area (Å²) in [6, 6.07) is 5.78. The highest BCUT2D eigenvalue weighted by molar-refractivity contribution is 5.47. The summed E-state index contributed by atoms with van der Waals surface area (Å²) in [5.41, 5.74) is 0.830. The van der Waals surface area contributed by atoms with Gasteiger partial charge in [-0.25, -0.2) is 4.68 Å². The highest BCUT2D eigenvalue weighted by atomic mass is 15.5. The molecule has 2 aromatic rings. The summed E-state index contributed by atoms with van der Waals surface area (Å²) >= 11 is 0. The lowest BCUT2D eigenvalue weighted by atomic mass is 9.98. The summed E-state index contributed by atoms with van der Waals surface area (Å²) < 4.78 is 1.87. The van der Waals surface area contributed by atoms with Crippen molar-refractivity contribution in [2.45, 2.75) is 19.4 Å². The van der Waals surface area contributed by atoms with Crippen molar-refractivity contribution in [3.63, 3.8) is 0 Å². The van der Waals surface area contributed by atoms with Gasteiger partial charge in [-0.3, -0.25) is 4.98 Å². The first kappa shape index (κ1) is 11.3. The smallest absolute Gasteiger partial charge is 0.200 e. The summed E-state index contributed by atoms with van der Waals surface area (Å²) in [6.45, 7) is 3.05. The predicted molar refractivity (Wildman–Crippen MR) is 66.6 cm³/mol. The lowest BCUT2D eigenvalue weighted by molar-refractivity contribution is 0.320. The van der Waals surface area contributed by atoms with Crippen molar-refractivity contribution < 1.29 is 0 Å². The van der Waals surface area contributed by atoms with Crippen LogP contribution in [0.1, 0.15) is 12.8 Å². The van der Waals surface area contributed by atoms with Gasteiger partial charge in [-0.1, -0.05) is 6.07 Å². The Balaban J connectivity index is 1.79. The summed E-state index contributed by atoms with van der Waals surface area (Å²) in [6.07, 6.45) is 4.13. The normalized spacial score (nSPS) is 16.9. The Morgan fingerprint density at radius 1 is 1.28 bits per heavy atom.